The second-order valence-electron chi connectivity index (χ2n) is 6.25. The predicted molar refractivity (Wildman–Crippen MR) is 116 cm³/mol. The molecule has 3 aromatic rings. The fraction of sp³-hybridized carbons (Fsp3) is 0.0909. The Morgan fingerprint density at radius 3 is 2.21 bits per heavy atom. The van der Waals surface area contributed by atoms with E-state index >= 15 is 0 Å². The average Bonchev–Trinajstić information content (AvgIpc) is 2.71. The molecule has 0 radical (unpaired) electrons. The lowest BCUT2D eigenvalue weighted by Crippen LogP contribution is -2.22. The van der Waals surface area contributed by atoms with Crippen LogP contribution in [0.4, 0.5) is 15.8 Å². The van der Waals surface area contributed by atoms with Crippen LogP contribution in [0.3, 0.4) is 0 Å². The van der Waals surface area contributed by atoms with E-state index in [-0.39, 0.29) is 22.9 Å². The molecule has 0 bridgehead atoms. The molecule has 0 spiro atoms. The fourth-order valence-corrected chi connectivity index (χ4v) is 3.54. The monoisotopic (exact) mass is 428 g/mol. The van der Waals surface area contributed by atoms with Crippen LogP contribution in [0.5, 0.6) is 0 Å². The van der Waals surface area contributed by atoms with Crippen LogP contribution in [0.2, 0.25) is 5.02 Å². The molecular formula is C22H18ClFN2O2S. The number of carbonyl (C=O) groups is 2. The Morgan fingerprint density at radius 1 is 0.931 bits per heavy atom. The van der Waals surface area contributed by atoms with Gasteiger partial charge in [-0.1, -0.05) is 17.7 Å². The number of hydrogen-bond donors (Lipinski definition) is 2. The van der Waals surface area contributed by atoms with Crippen molar-refractivity contribution in [2.75, 3.05) is 10.6 Å². The van der Waals surface area contributed by atoms with Crippen molar-refractivity contribution in [3.05, 3.63) is 89.2 Å². The summed E-state index contributed by atoms with van der Waals surface area (Å²) in [5.41, 5.74) is 1.66. The standard InChI is InChI=1S/C22H18ClFN2O2S/c1-14(21(27)25-18-7-5-17(24)6-8-18)29-20-11-9-19(10-12-20)26-22(28)15-3-2-4-16(23)13-15/h2-14H,1H3,(H,25,27)(H,26,28). The Morgan fingerprint density at radius 2 is 1.55 bits per heavy atom. The minimum atomic E-state index is -0.355. The van der Waals surface area contributed by atoms with Crippen molar-refractivity contribution in [3.63, 3.8) is 0 Å². The zero-order valence-electron chi connectivity index (χ0n) is 15.5. The van der Waals surface area contributed by atoms with Crippen LogP contribution in [-0.4, -0.2) is 17.1 Å². The van der Waals surface area contributed by atoms with Gasteiger partial charge in [-0.15, -0.1) is 11.8 Å². The molecule has 29 heavy (non-hydrogen) atoms. The average molecular weight is 429 g/mol. The summed E-state index contributed by atoms with van der Waals surface area (Å²) in [7, 11) is 0. The SMILES string of the molecule is CC(Sc1ccc(NC(=O)c2cccc(Cl)c2)cc1)C(=O)Nc1ccc(F)cc1. The molecule has 0 aliphatic carbocycles. The first-order valence-corrected chi connectivity index (χ1v) is 10.1. The maximum atomic E-state index is 12.9. The van der Waals surface area contributed by atoms with Gasteiger partial charge in [0.25, 0.3) is 5.91 Å². The van der Waals surface area contributed by atoms with E-state index in [2.05, 4.69) is 10.6 Å². The van der Waals surface area contributed by atoms with Crippen LogP contribution in [0.15, 0.2) is 77.7 Å². The highest BCUT2D eigenvalue weighted by Gasteiger charge is 2.15. The molecule has 3 rings (SSSR count). The molecule has 1 atom stereocenters. The topological polar surface area (TPSA) is 58.2 Å². The molecule has 4 nitrogen and oxygen atoms in total. The number of amides is 2. The number of benzene rings is 3. The van der Waals surface area contributed by atoms with Gasteiger partial charge in [-0.05, 0) is 73.7 Å². The van der Waals surface area contributed by atoms with Crippen molar-refractivity contribution in [2.45, 2.75) is 17.1 Å². The summed E-state index contributed by atoms with van der Waals surface area (Å²) < 4.78 is 12.9. The zero-order chi connectivity index (χ0) is 20.8. The lowest BCUT2D eigenvalue weighted by Gasteiger charge is -2.12. The number of rotatable bonds is 6. The van der Waals surface area contributed by atoms with E-state index in [1.54, 1.807) is 43.3 Å². The van der Waals surface area contributed by atoms with Gasteiger partial charge in [0.2, 0.25) is 5.91 Å². The molecule has 0 saturated heterocycles. The van der Waals surface area contributed by atoms with Crippen molar-refractivity contribution in [2.24, 2.45) is 0 Å². The highest BCUT2D eigenvalue weighted by molar-refractivity contribution is 8.00. The number of nitrogens with one attached hydrogen (secondary N) is 2. The van der Waals surface area contributed by atoms with Crippen molar-refractivity contribution in [3.8, 4) is 0 Å². The van der Waals surface area contributed by atoms with Gasteiger partial charge in [0.15, 0.2) is 0 Å². The lowest BCUT2D eigenvalue weighted by atomic mass is 10.2. The third-order valence-electron chi connectivity index (χ3n) is 3.99. The third kappa shape index (κ3) is 6.07. The molecule has 2 amide bonds. The second-order valence-corrected chi connectivity index (χ2v) is 8.10. The molecule has 0 heterocycles. The maximum Gasteiger partial charge on any atom is 0.255 e. The van der Waals surface area contributed by atoms with Crippen LogP contribution >= 0.6 is 23.4 Å². The van der Waals surface area contributed by atoms with E-state index in [4.69, 9.17) is 11.6 Å². The van der Waals surface area contributed by atoms with Crippen LogP contribution in [0, 0.1) is 5.82 Å². The molecule has 0 fully saturated rings. The summed E-state index contributed by atoms with van der Waals surface area (Å²) in [5.74, 6) is -0.784. The minimum absolute atomic E-state index is 0.181. The van der Waals surface area contributed by atoms with Crippen LogP contribution in [0.25, 0.3) is 0 Å². The summed E-state index contributed by atoms with van der Waals surface area (Å²) in [4.78, 5) is 25.4. The van der Waals surface area contributed by atoms with E-state index in [9.17, 15) is 14.0 Å². The number of hydrogen-bond acceptors (Lipinski definition) is 3. The highest BCUT2D eigenvalue weighted by Crippen LogP contribution is 2.26. The van der Waals surface area contributed by atoms with Crippen molar-refractivity contribution >= 4 is 46.6 Å². The molecule has 7 heteroatoms. The molecule has 0 aliphatic rings. The number of carbonyl (C=O) groups excluding carboxylic acids is 2. The number of thioether (sulfide) groups is 1. The first-order valence-electron chi connectivity index (χ1n) is 8.81. The Labute approximate surface area is 177 Å². The Balaban J connectivity index is 1.56. The fourth-order valence-electron chi connectivity index (χ4n) is 2.48. The number of anilines is 2. The maximum absolute atomic E-state index is 12.9. The lowest BCUT2D eigenvalue weighted by molar-refractivity contribution is -0.115. The largest absolute Gasteiger partial charge is 0.325 e. The molecule has 1 unspecified atom stereocenters. The van der Waals surface area contributed by atoms with E-state index in [0.717, 1.165) is 4.90 Å². The normalized spacial score (nSPS) is 11.6. The molecule has 0 aromatic heterocycles. The molecule has 2 N–H and O–H groups in total. The quantitative estimate of drug-likeness (QED) is 0.484. The first-order chi connectivity index (χ1) is 13.9. The third-order valence-corrected chi connectivity index (χ3v) is 5.34. The molecule has 0 aliphatic heterocycles. The summed E-state index contributed by atoms with van der Waals surface area (Å²) in [5, 5.41) is 5.71. The van der Waals surface area contributed by atoms with Gasteiger partial charge in [0, 0.05) is 26.9 Å². The zero-order valence-corrected chi connectivity index (χ0v) is 17.1. The van der Waals surface area contributed by atoms with E-state index in [1.165, 1.54) is 36.0 Å². The van der Waals surface area contributed by atoms with Crippen molar-refractivity contribution < 1.29 is 14.0 Å². The summed E-state index contributed by atoms with van der Waals surface area (Å²) >= 11 is 7.30. The van der Waals surface area contributed by atoms with Gasteiger partial charge in [-0.2, -0.15) is 0 Å². The Kier molecular flexibility index (Phi) is 6.90. The first kappa shape index (κ1) is 20.9. The number of halogens is 2. The van der Waals surface area contributed by atoms with Crippen molar-refractivity contribution in [1.82, 2.24) is 0 Å². The Bertz CT molecular complexity index is 1010. The summed E-state index contributed by atoms with van der Waals surface area (Å²) in [6, 6.07) is 19.5. The van der Waals surface area contributed by atoms with E-state index in [1.807, 2.05) is 12.1 Å². The van der Waals surface area contributed by atoms with Gasteiger partial charge in [0.1, 0.15) is 5.82 Å². The second kappa shape index (κ2) is 9.58. The highest BCUT2D eigenvalue weighted by atomic mass is 35.5. The van der Waals surface area contributed by atoms with Gasteiger partial charge in [-0.3, -0.25) is 9.59 Å². The summed E-state index contributed by atoms with van der Waals surface area (Å²) in [6.07, 6.45) is 0. The molecule has 0 saturated carbocycles. The van der Waals surface area contributed by atoms with Gasteiger partial charge in [0.05, 0.1) is 5.25 Å². The smallest absolute Gasteiger partial charge is 0.255 e. The predicted octanol–water partition coefficient (Wildman–Crippen LogP) is 5.85. The van der Waals surface area contributed by atoms with Gasteiger partial charge >= 0.3 is 0 Å². The Hall–Kier alpha value is -2.83. The van der Waals surface area contributed by atoms with Gasteiger partial charge in [-0.25, -0.2) is 4.39 Å². The van der Waals surface area contributed by atoms with Crippen molar-refractivity contribution in [1.29, 1.82) is 0 Å². The molecule has 148 valence electrons. The van der Waals surface area contributed by atoms with Crippen LogP contribution in [0.1, 0.15) is 17.3 Å². The van der Waals surface area contributed by atoms with Crippen LogP contribution in [-0.2, 0) is 4.79 Å². The molecular weight excluding hydrogens is 411 g/mol. The van der Waals surface area contributed by atoms with Gasteiger partial charge < -0.3 is 10.6 Å². The van der Waals surface area contributed by atoms with E-state index in [0.29, 0.717) is 22.0 Å². The summed E-state index contributed by atoms with van der Waals surface area (Å²) in [6.45, 7) is 1.79. The van der Waals surface area contributed by atoms with Crippen LogP contribution < -0.4 is 10.6 Å². The minimum Gasteiger partial charge on any atom is -0.325 e. The van der Waals surface area contributed by atoms with E-state index < -0.39 is 0 Å². The molecule has 3 aromatic carbocycles.